The van der Waals surface area contributed by atoms with Gasteiger partial charge in [-0.15, -0.1) is 0 Å². The van der Waals surface area contributed by atoms with E-state index in [1.807, 2.05) is 7.11 Å². The topological polar surface area (TPSA) is 21.3 Å². The highest BCUT2D eigenvalue weighted by molar-refractivity contribution is 5.33. The Kier molecular flexibility index (Phi) is 4.14. The lowest BCUT2D eigenvalue weighted by atomic mass is 9.85. The van der Waals surface area contributed by atoms with E-state index in [0.29, 0.717) is 6.04 Å². The van der Waals surface area contributed by atoms with Crippen LogP contribution in [-0.2, 0) is 17.7 Å². The summed E-state index contributed by atoms with van der Waals surface area (Å²) < 4.78 is 5.76. The van der Waals surface area contributed by atoms with Gasteiger partial charge in [0.2, 0.25) is 0 Å². The molecule has 104 valence electrons. The molecule has 0 heterocycles. The normalized spacial score (nSPS) is 21.4. The summed E-state index contributed by atoms with van der Waals surface area (Å²) >= 11 is 0. The monoisotopic (exact) mass is 267 g/mol. The van der Waals surface area contributed by atoms with Gasteiger partial charge in [0.1, 0.15) is 0 Å². The van der Waals surface area contributed by atoms with E-state index in [0.717, 1.165) is 19.4 Å². The number of rotatable bonds is 4. The van der Waals surface area contributed by atoms with Crippen molar-refractivity contribution in [2.75, 3.05) is 7.11 Å². The minimum Gasteiger partial charge on any atom is -0.375 e. The van der Waals surface area contributed by atoms with Gasteiger partial charge in [-0.3, -0.25) is 0 Å². The maximum absolute atomic E-state index is 5.76. The first-order valence-corrected chi connectivity index (χ1v) is 7.26. The van der Waals surface area contributed by atoms with E-state index in [2.05, 4.69) is 59.9 Å². The Morgan fingerprint density at radius 1 is 1.05 bits per heavy atom. The van der Waals surface area contributed by atoms with E-state index in [1.54, 1.807) is 0 Å². The van der Waals surface area contributed by atoms with Gasteiger partial charge in [0.25, 0.3) is 0 Å². The first-order valence-electron chi connectivity index (χ1n) is 7.26. The number of ether oxygens (including phenoxy) is 1. The minimum atomic E-state index is 0.156. The minimum absolute atomic E-state index is 0.156. The predicted molar refractivity (Wildman–Crippen MR) is 81.6 cm³/mol. The van der Waals surface area contributed by atoms with Crippen LogP contribution in [-0.4, -0.2) is 13.2 Å². The average molecular weight is 267 g/mol. The summed E-state index contributed by atoms with van der Waals surface area (Å²) in [6, 6.07) is 19.6. The summed E-state index contributed by atoms with van der Waals surface area (Å²) in [4.78, 5) is 0. The maximum Gasteiger partial charge on any atom is 0.0976 e. The predicted octanol–water partition coefficient (Wildman–Crippen LogP) is 3.48. The van der Waals surface area contributed by atoms with Gasteiger partial charge in [0.05, 0.1) is 6.10 Å². The lowest BCUT2D eigenvalue weighted by Gasteiger charge is -2.33. The second-order valence-electron chi connectivity index (χ2n) is 5.37. The molecule has 2 aromatic rings. The summed E-state index contributed by atoms with van der Waals surface area (Å²) in [6.45, 7) is 0.896. The van der Waals surface area contributed by atoms with E-state index in [4.69, 9.17) is 4.74 Å². The number of hydrogen-bond acceptors (Lipinski definition) is 2. The molecule has 1 aliphatic rings. The summed E-state index contributed by atoms with van der Waals surface area (Å²) in [5.74, 6) is 0. The fourth-order valence-corrected chi connectivity index (χ4v) is 3.06. The molecule has 2 nitrogen and oxygen atoms in total. The van der Waals surface area contributed by atoms with Crippen LogP contribution in [0.5, 0.6) is 0 Å². The average Bonchev–Trinajstić information content (AvgIpc) is 2.53. The van der Waals surface area contributed by atoms with Crippen LogP contribution in [0.15, 0.2) is 54.6 Å². The van der Waals surface area contributed by atoms with Gasteiger partial charge in [-0.2, -0.15) is 0 Å². The first kappa shape index (κ1) is 13.3. The van der Waals surface area contributed by atoms with Crippen LogP contribution in [0.3, 0.4) is 0 Å². The van der Waals surface area contributed by atoms with Crippen LogP contribution in [0.4, 0.5) is 0 Å². The molecule has 0 spiro atoms. The van der Waals surface area contributed by atoms with Crippen LogP contribution in [0.2, 0.25) is 0 Å². The molecule has 1 N–H and O–H groups in total. The quantitative estimate of drug-likeness (QED) is 0.915. The highest BCUT2D eigenvalue weighted by Gasteiger charge is 2.28. The van der Waals surface area contributed by atoms with Crippen molar-refractivity contribution in [3.8, 4) is 0 Å². The van der Waals surface area contributed by atoms with Crippen molar-refractivity contribution in [2.45, 2.75) is 31.5 Å². The van der Waals surface area contributed by atoms with Gasteiger partial charge in [-0.1, -0.05) is 54.6 Å². The SMILES string of the molecule is COC1c2ccccc2CCC1NCc1ccccc1. The molecule has 1 aliphatic carbocycles. The fraction of sp³-hybridized carbons (Fsp3) is 0.333. The van der Waals surface area contributed by atoms with Gasteiger partial charge in [0, 0.05) is 19.7 Å². The third-order valence-corrected chi connectivity index (χ3v) is 4.12. The van der Waals surface area contributed by atoms with Gasteiger partial charge < -0.3 is 10.1 Å². The molecule has 0 aliphatic heterocycles. The van der Waals surface area contributed by atoms with Crippen LogP contribution in [0.1, 0.15) is 29.2 Å². The Labute approximate surface area is 120 Å². The Morgan fingerprint density at radius 3 is 2.60 bits per heavy atom. The van der Waals surface area contributed by atoms with Crippen LogP contribution < -0.4 is 5.32 Å². The van der Waals surface area contributed by atoms with Crippen LogP contribution >= 0.6 is 0 Å². The number of methoxy groups -OCH3 is 1. The largest absolute Gasteiger partial charge is 0.375 e. The van der Waals surface area contributed by atoms with E-state index < -0.39 is 0 Å². The van der Waals surface area contributed by atoms with E-state index >= 15 is 0 Å². The lowest BCUT2D eigenvalue weighted by molar-refractivity contribution is 0.0578. The van der Waals surface area contributed by atoms with Gasteiger partial charge in [-0.25, -0.2) is 0 Å². The smallest absolute Gasteiger partial charge is 0.0976 e. The molecule has 0 saturated carbocycles. The van der Waals surface area contributed by atoms with Crippen LogP contribution in [0.25, 0.3) is 0 Å². The standard InChI is InChI=1S/C18H21NO/c1-20-18-16-10-6-5-9-15(16)11-12-17(18)19-13-14-7-3-2-4-8-14/h2-10,17-19H,11-13H2,1H3. The van der Waals surface area contributed by atoms with E-state index in [1.165, 1.54) is 16.7 Å². The molecule has 2 heteroatoms. The van der Waals surface area contributed by atoms with Crippen molar-refractivity contribution in [3.63, 3.8) is 0 Å². The molecule has 3 rings (SSSR count). The molecule has 0 bridgehead atoms. The molecule has 0 radical (unpaired) electrons. The summed E-state index contributed by atoms with van der Waals surface area (Å²) in [6.07, 6.45) is 2.41. The molecule has 0 aromatic heterocycles. The highest BCUT2D eigenvalue weighted by Crippen LogP contribution is 2.32. The number of benzene rings is 2. The Bertz CT molecular complexity index is 552. The molecule has 0 amide bonds. The molecule has 0 saturated heterocycles. The molecule has 20 heavy (non-hydrogen) atoms. The summed E-state index contributed by atoms with van der Waals surface area (Å²) in [5, 5.41) is 3.65. The fourth-order valence-electron chi connectivity index (χ4n) is 3.06. The zero-order chi connectivity index (χ0) is 13.8. The number of aryl methyl sites for hydroxylation is 1. The molecule has 0 fully saturated rings. The van der Waals surface area contributed by atoms with Gasteiger partial charge >= 0.3 is 0 Å². The second kappa shape index (κ2) is 6.21. The Hall–Kier alpha value is -1.64. The molecule has 2 aromatic carbocycles. The molecular weight excluding hydrogens is 246 g/mol. The zero-order valence-corrected chi connectivity index (χ0v) is 11.9. The van der Waals surface area contributed by atoms with Crippen LogP contribution in [0, 0.1) is 0 Å². The van der Waals surface area contributed by atoms with Crippen molar-refractivity contribution in [1.82, 2.24) is 5.32 Å². The maximum atomic E-state index is 5.76. The second-order valence-corrected chi connectivity index (χ2v) is 5.37. The van der Waals surface area contributed by atoms with E-state index in [-0.39, 0.29) is 6.10 Å². The Morgan fingerprint density at radius 2 is 1.80 bits per heavy atom. The number of nitrogens with one attached hydrogen (secondary N) is 1. The number of fused-ring (bicyclic) bond motifs is 1. The summed E-state index contributed by atoms with van der Waals surface area (Å²) in [7, 11) is 1.81. The lowest BCUT2D eigenvalue weighted by Crippen LogP contribution is -2.38. The first-order chi connectivity index (χ1) is 9.88. The highest BCUT2D eigenvalue weighted by atomic mass is 16.5. The van der Waals surface area contributed by atoms with Crippen molar-refractivity contribution in [3.05, 3.63) is 71.3 Å². The van der Waals surface area contributed by atoms with Crippen molar-refractivity contribution in [2.24, 2.45) is 0 Å². The third-order valence-electron chi connectivity index (χ3n) is 4.12. The molecule has 2 atom stereocenters. The van der Waals surface area contributed by atoms with Crippen molar-refractivity contribution >= 4 is 0 Å². The van der Waals surface area contributed by atoms with Gasteiger partial charge in [0.15, 0.2) is 0 Å². The van der Waals surface area contributed by atoms with Crippen molar-refractivity contribution in [1.29, 1.82) is 0 Å². The third kappa shape index (κ3) is 2.77. The summed E-state index contributed by atoms with van der Waals surface area (Å²) in [5.41, 5.74) is 4.09. The zero-order valence-electron chi connectivity index (χ0n) is 11.9. The molecule has 2 unspecified atom stereocenters. The van der Waals surface area contributed by atoms with Crippen molar-refractivity contribution < 1.29 is 4.74 Å². The number of hydrogen-bond donors (Lipinski definition) is 1. The van der Waals surface area contributed by atoms with Gasteiger partial charge in [-0.05, 0) is 29.5 Å². The molecular formula is C18H21NO. The van der Waals surface area contributed by atoms with E-state index in [9.17, 15) is 0 Å². The Balaban J connectivity index is 1.71.